The van der Waals surface area contributed by atoms with Crippen LogP contribution in [0.5, 0.6) is 5.75 Å². The van der Waals surface area contributed by atoms with Crippen molar-refractivity contribution >= 4 is 23.2 Å². The van der Waals surface area contributed by atoms with Gasteiger partial charge in [-0.1, -0.05) is 23.7 Å². The minimum Gasteiger partial charge on any atom is -0.490 e. The van der Waals surface area contributed by atoms with Gasteiger partial charge in [0.1, 0.15) is 17.5 Å². The molecule has 4 nitrogen and oxygen atoms in total. The number of benzene rings is 1. The number of ether oxygens (including phenoxy) is 1. The summed E-state index contributed by atoms with van der Waals surface area (Å²) in [6.45, 7) is 2.82. The molecule has 0 N–H and O–H groups in total. The smallest absolute Gasteiger partial charge is 0.258 e. The van der Waals surface area contributed by atoms with Gasteiger partial charge in [-0.15, -0.1) is 0 Å². The molecule has 0 fully saturated rings. The number of pyridine rings is 1. The van der Waals surface area contributed by atoms with Crippen LogP contribution in [0.25, 0.3) is 0 Å². The van der Waals surface area contributed by atoms with E-state index in [2.05, 4.69) is 4.98 Å². The van der Waals surface area contributed by atoms with Crippen molar-refractivity contribution in [2.45, 2.75) is 6.92 Å². The summed E-state index contributed by atoms with van der Waals surface area (Å²) in [7, 11) is 0. The monoisotopic (exact) mass is 288 g/mol. The van der Waals surface area contributed by atoms with Crippen molar-refractivity contribution in [2.24, 2.45) is 0 Å². The molecule has 102 valence electrons. The van der Waals surface area contributed by atoms with Gasteiger partial charge in [-0.05, 0) is 31.2 Å². The molecule has 5 heteroatoms. The fourth-order valence-corrected chi connectivity index (χ4v) is 2.54. The zero-order valence-corrected chi connectivity index (χ0v) is 11.7. The lowest BCUT2D eigenvalue weighted by atomic mass is 10.1. The average Bonchev–Trinajstić information content (AvgIpc) is 2.45. The maximum Gasteiger partial charge on any atom is 0.258 e. The Bertz CT molecular complexity index is 652. The van der Waals surface area contributed by atoms with E-state index in [-0.39, 0.29) is 5.91 Å². The Morgan fingerprint density at radius 3 is 2.95 bits per heavy atom. The Labute approximate surface area is 122 Å². The second-order valence-corrected chi connectivity index (χ2v) is 4.98. The van der Waals surface area contributed by atoms with Crippen molar-refractivity contribution in [3.05, 3.63) is 52.8 Å². The van der Waals surface area contributed by atoms with Crippen LogP contribution in [0.15, 0.2) is 36.4 Å². The first-order valence-electron chi connectivity index (χ1n) is 6.33. The van der Waals surface area contributed by atoms with Crippen LogP contribution in [0.1, 0.15) is 16.1 Å². The lowest BCUT2D eigenvalue weighted by molar-refractivity contribution is 0.0976. The molecule has 0 saturated carbocycles. The molecular formula is C15H13ClN2O2. The van der Waals surface area contributed by atoms with Crippen LogP contribution in [0.2, 0.25) is 5.15 Å². The number of hydrogen-bond donors (Lipinski definition) is 0. The fourth-order valence-electron chi connectivity index (χ4n) is 2.29. The minimum atomic E-state index is -0.0897. The lowest BCUT2D eigenvalue weighted by Crippen LogP contribution is -2.38. The summed E-state index contributed by atoms with van der Waals surface area (Å²) in [6, 6.07) is 10.8. The first-order chi connectivity index (χ1) is 9.65. The highest BCUT2D eigenvalue weighted by molar-refractivity contribution is 6.30. The van der Waals surface area contributed by atoms with Crippen LogP contribution in [-0.2, 0) is 0 Å². The second-order valence-electron chi connectivity index (χ2n) is 4.59. The van der Waals surface area contributed by atoms with E-state index < -0.39 is 0 Å². The summed E-state index contributed by atoms with van der Waals surface area (Å²) in [5.41, 5.74) is 2.05. The molecule has 2 aromatic rings. The van der Waals surface area contributed by atoms with Gasteiger partial charge in [-0.2, -0.15) is 0 Å². The highest BCUT2D eigenvalue weighted by Gasteiger charge is 2.24. The van der Waals surface area contributed by atoms with Crippen molar-refractivity contribution in [3.8, 4) is 5.75 Å². The number of amides is 1. The molecule has 2 heterocycles. The van der Waals surface area contributed by atoms with E-state index in [1.54, 1.807) is 17.0 Å². The number of aromatic nitrogens is 1. The van der Waals surface area contributed by atoms with Crippen molar-refractivity contribution in [1.82, 2.24) is 4.98 Å². The van der Waals surface area contributed by atoms with Gasteiger partial charge in [0, 0.05) is 11.3 Å². The third-order valence-corrected chi connectivity index (χ3v) is 3.34. The van der Waals surface area contributed by atoms with Crippen molar-refractivity contribution in [1.29, 1.82) is 0 Å². The molecule has 3 rings (SSSR count). The van der Waals surface area contributed by atoms with Crippen LogP contribution in [0, 0.1) is 6.92 Å². The van der Waals surface area contributed by atoms with Crippen LogP contribution in [0.4, 0.5) is 5.69 Å². The van der Waals surface area contributed by atoms with Gasteiger partial charge < -0.3 is 9.64 Å². The van der Waals surface area contributed by atoms with Crippen LogP contribution >= 0.6 is 11.6 Å². The van der Waals surface area contributed by atoms with Gasteiger partial charge in [-0.25, -0.2) is 4.98 Å². The second kappa shape index (κ2) is 5.13. The Morgan fingerprint density at radius 1 is 1.35 bits per heavy atom. The average molecular weight is 289 g/mol. The summed E-state index contributed by atoms with van der Waals surface area (Å²) >= 11 is 5.93. The largest absolute Gasteiger partial charge is 0.490 e. The standard InChI is InChI=1S/C15H13ClN2O2/c1-10-8-11(9-14(16)17-10)15(19)18-6-7-20-13-5-3-2-4-12(13)18/h2-5,8-9H,6-7H2,1H3. The molecule has 1 aliphatic heterocycles. The highest BCUT2D eigenvalue weighted by atomic mass is 35.5. The zero-order chi connectivity index (χ0) is 14.1. The van der Waals surface area contributed by atoms with Crippen LogP contribution in [0.3, 0.4) is 0 Å². The predicted octanol–water partition coefficient (Wildman–Crippen LogP) is 3.08. The number of halogens is 1. The van der Waals surface area contributed by atoms with Crippen molar-refractivity contribution in [2.75, 3.05) is 18.1 Å². The van der Waals surface area contributed by atoms with E-state index in [1.165, 1.54) is 0 Å². The number of carbonyl (C=O) groups excluding carboxylic acids is 1. The summed E-state index contributed by atoms with van der Waals surface area (Å²) in [4.78, 5) is 18.4. The molecule has 0 bridgehead atoms. The minimum absolute atomic E-state index is 0.0897. The topological polar surface area (TPSA) is 42.4 Å². The Hall–Kier alpha value is -2.07. The van der Waals surface area contributed by atoms with E-state index in [9.17, 15) is 4.79 Å². The molecule has 0 spiro atoms. The van der Waals surface area contributed by atoms with Gasteiger partial charge in [-0.3, -0.25) is 4.79 Å². The van der Waals surface area contributed by atoms with Gasteiger partial charge in [0.2, 0.25) is 0 Å². The molecule has 0 unspecified atom stereocenters. The number of fused-ring (bicyclic) bond motifs is 1. The number of aryl methyl sites for hydroxylation is 1. The number of anilines is 1. The Balaban J connectivity index is 1.99. The van der Waals surface area contributed by atoms with Crippen LogP contribution in [-0.4, -0.2) is 24.0 Å². The molecule has 0 saturated heterocycles. The Morgan fingerprint density at radius 2 is 2.15 bits per heavy atom. The number of nitrogens with zero attached hydrogens (tertiary/aromatic N) is 2. The number of carbonyl (C=O) groups is 1. The number of rotatable bonds is 1. The SMILES string of the molecule is Cc1cc(C(=O)N2CCOc3ccccc32)cc(Cl)n1. The van der Waals surface area contributed by atoms with E-state index in [0.717, 1.165) is 17.1 Å². The molecule has 1 aromatic carbocycles. The maximum absolute atomic E-state index is 12.7. The van der Waals surface area contributed by atoms with Crippen LogP contribution < -0.4 is 9.64 Å². The molecule has 0 radical (unpaired) electrons. The quantitative estimate of drug-likeness (QED) is 0.757. The molecule has 1 aliphatic rings. The maximum atomic E-state index is 12.7. The zero-order valence-electron chi connectivity index (χ0n) is 11.0. The number of hydrogen-bond acceptors (Lipinski definition) is 3. The Kier molecular flexibility index (Phi) is 3.32. The molecule has 0 aliphatic carbocycles. The third kappa shape index (κ3) is 2.34. The van der Waals surface area contributed by atoms with E-state index in [0.29, 0.717) is 23.9 Å². The number of para-hydroxylation sites is 2. The van der Waals surface area contributed by atoms with Crippen molar-refractivity contribution < 1.29 is 9.53 Å². The summed E-state index contributed by atoms with van der Waals surface area (Å²) < 4.78 is 5.55. The first kappa shape index (κ1) is 12.9. The summed E-state index contributed by atoms with van der Waals surface area (Å²) in [5.74, 6) is 0.636. The van der Waals surface area contributed by atoms with E-state index >= 15 is 0 Å². The van der Waals surface area contributed by atoms with Gasteiger partial charge in [0.25, 0.3) is 5.91 Å². The van der Waals surface area contributed by atoms with E-state index in [1.807, 2.05) is 31.2 Å². The van der Waals surface area contributed by atoms with Crippen molar-refractivity contribution in [3.63, 3.8) is 0 Å². The predicted molar refractivity (Wildman–Crippen MR) is 77.6 cm³/mol. The normalized spacial score (nSPS) is 13.6. The summed E-state index contributed by atoms with van der Waals surface area (Å²) in [5, 5.41) is 0.329. The van der Waals surface area contributed by atoms with Gasteiger partial charge in [0.15, 0.2) is 0 Å². The lowest BCUT2D eigenvalue weighted by Gasteiger charge is -2.29. The molecule has 0 atom stereocenters. The third-order valence-electron chi connectivity index (χ3n) is 3.14. The van der Waals surface area contributed by atoms with E-state index in [4.69, 9.17) is 16.3 Å². The molecule has 1 aromatic heterocycles. The molecule has 1 amide bonds. The summed E-state index contributed by atoms with van der Waals surface area (Å²) in [6.07, 6.45) is 0. The highest BCUT2D eigenvalue weighted by Crippen LogP contribution is 2.32. The van der Waals surface area contributed by atoms with Gasteiger partial charge in [0.05, 0.1) is 12.2 Å². The molecule has 20 heavy (non-hydrogen) atoms. The van der Waals surface area contributed by atoms with Gasteiger partial charge >= 0.3 is 0 Å². The fraction of sp³-hybridized carbons (Fsp3) is 0.200. The first-order valence-corrected chi connectivity index (χ1v) is 6.71. The molecular weight excluding hydrogens is 276 g/mol.